The van der Waals surface area contributed by atoms with Crippen LogP contribution >= 0.6 is 0 Å². The number of hydrogen-bond donors (Lipinski definition) is 1. The maximum atomic E-state index is 13.4. The van der Waals surface area contributed by atoms with Crippen molar-refractivity contribution in [2.45, 2.75) is 49.8 Å². The van der Waals surface area contributed by atoms with Crippen LogP contribution < -0.4 is 0 Å². The topological polar surface area (TPSA) is 20.2 Å². The number of alkyl halides is 15. The lowest BCUT2D eigenvalue weighted by molar-refractivity contribution is -0.190. The van der Waals surface area contributed by atoms with E-state index in [9.17, 15) is 71.0 Å². The number of benzene rings is 1. The molecule has 1 nitrogen and oxygen atoms in total. The van der Waals surface area contributed by atoms with E-state index in [2.05, 4.69) is 0 Å². The van der Waals surface area contributed by atoms with Crippen molar-refractivity contribution in [3.63, 3.8) is 0 Å². The van der Waals surface area contributed by atoms with Gasteiger partial charge in [0.1, 0.15) is 0 Å². The van der Waals surface area contributed by atoms with Crippen LogP contribution in [0.2, 0.25) is 0 Å². The molecule has 1 atom stereocenters. The van der Waals surface area contributed by atoms with Crippen LogP contribution in [0.15, 0.2) is 0 Å². The fraction of sp³-hybridized carbons (Fsp3) is 0.600. The molecule has 2 rings (SSSR count). The van der Waals surface area contributed by atoms with Crippen molar-refractivity contribution < 1.29 is 71.0 Å². The summed E-state index contributed by atoms with van der Waals surface area (Å²) >= 11 is 0. The number of aliphatic hydroxyl groups is 1. The summed E-state index contributed by atoms with van der Waals surface area (Å²) in [6.45, 7) is 0. The highest BCUT2D eigenvalue weighted by Gasteiger charge is 2.61. The predicted molar refractivity (Wildman–Crippen MR) is 69.1 cm³/mol. The van der Waals surface area contributed by atoms with Crippen molar-refractivity contribution in [1.82, 2.24) is 0 Å². The van der Waals surface area contributed by atoms with Crippen LogP contribution in [0.25, 0.3) is 0 Å². The summed E-state index contributed by atoms with van der Waals surface area (Å²) in [5.74, 6) is -1.61. The number of rotatable bonds is 2. The Bertz CT molecular complexity index is 793. The van der Waals surface area contributed by atoms with E-state index >= 15 is 0 Å². The third kappa shape index (κ3) is 4.82. The summed E-state index contributed by atoms with van der Waals surface area (Å²) < 4.78 is 200. The maximum absolute atomic E-state index is 13.4. The van der Waals surface area contributed by atoms with E-state index in [-0.39, 0.29) is 12.8 Å². The lowest BCUT2D eigenvalue weighted by atomic mass is 9.81. The van der Waals surface area contributed by atoms with E-state index in [4.69, 9.17) is 0 Å². The monoisotopic (exact) mass is 488 g/mol. The standard InChI is InChI=1S/C15H7F15O/c16-11(17,18)5-4(10(31)3-1-2-3)6(12(19,20)21)8(14(25,26)27)9(15(28,29)30)7(5)13(22,23)24/h3,10,31H,1-2H2. The zero-order chi connectivity index (χ0) is 24.5. The molecule has 0 radical (unpaired) electrons. The normalized spacial score (nSPS) is 17.8. The molecule has 0 aliphatic heterocycles. The molecule has 0 saturated heterocycles. The third-order valence-corrected chi connectivity index (χ3v) is 4.32. The first-order valence-corrected chi connectivity index (χ1v) is 7.78. The average molecular weight is 488 g/mol. The summed E-state index contributed by atoms with van der Waals surface area (Å²) in [4.78, 5) is 0. The van der Waals surface area contributed by atoms with Crippen LogP contribution in [-0.4, -0.2) is 5.11 Å². The van der Waals surface area contributed by atoms with E-state index in [1.165, 1.54) is 0 Å². The van der Waals surface area contributed by atoms with Gasteiger partial charge in [-0.2, -0.15) is 65.9 Å². The Morgan fingerprint density at radius 2 is 0.710 bits per heavy atom. The first-order chi connectivity index (χ1) is 13.5. The summed E-state index contributed by atoms with van der Waals surface area (Å²) in [6.07, 6.45) is -37.8. The summed E-state index contributed by atoms with van der Waals surface area (Å²) in [5, 5.41) is 9.81. The summed E-state index contributed by atoms with van der Waals surface area (Å²) in [5.41, 5.74) is -22.4. The van der Waals surface area contributed by atoms with Gasteiger partial charge in [-0.25, -0.2) is 0 Å². The molecule has 16 heteroatoms. The fourth-order valence-corrected chi connectivity index (χ4v) is 3.15. The van der Waals surface area contributed by atoms with E-state index in [1.54, 1.807) is 0 Å². The second kappa shape index (κ2) is 7.07. The van der Waals surface area contributed by atoms with Gasteiger partial charge in [-0.15, -0.1) is 0 Å². The van der Waals surface area contributed by atoms with Crippen LogP contribution in [-0.2, 0) is 30.9 Å². The molecule has 0 bridgehead atoms. The minimum absolute atomic E-state index is 0.376. The van der Waals surface area contributed by atoms with Gasteiger partial charge < -0.3 is 5.11 Å². The molecule has 0 amide bonds. The highest BCUT2D eigenvalue weighted by atomic mass is 19.4. The number of halogens is 15. The molecule has 1 fully saturated rings. The van der Waals surface area contributed by atoms with E-state index < -0.39 is 76.3 Å². The highest BCUT2D eigenvalue weighted by Crippen LogP contribution is 2.59. The van der Waals surface area contributed by atoms with E-state index in [0.29, 0.717) is 0 Å². The Kier molecular flexibility index (Phi) is 5.79. The van der Waals surface area contributed by atoms with Gasteiger partial charge in [-0.1, -0.05) is 0 Å². The largest absolute Gasteiger partial charge is 0.417 e. The third-order valence-electron chi connectivity index (χ3n) is 4.32. The van der Waals surface area contributed by atoms with Crippen molar-refractivity contribution in [3.8, 4) is 0 Å². The van der Waals surface area contributed by atoms with Crippen molar-refractivity contribution in [1.29, 1.82) is 0 Å². The van der Waals surface area contributed by atoms with Crippen LogP contribution in [0.4, 0.5) is 65.9 Å². The van der Waals surface area contributed by atoms with Gasteiger partial charge in [0.2, 0.25) is 0 Å². The van der Waals surface area contributed by atoms with Crippen molar-refractivity contribution in [2.24, 2.45) is 5.92 Å². The second-order valence-corrected chi connectivity index (χ2v) is 6.56. The molecule has 1 saturated carbocycles. The molecule has 1 aromatic rings. The van der Waals surface area contributed by atoms with Crippen molar-refractivity contribution in [3.05, 3.63) is 33.4 Å². The predicted octanol–water partition coefficient (Wildman–Crippen LogP) is 7.22. The van der Waals surface area contributed by atoms with Gasteiger partial charge in [0, 0.05) is 5.56 Å². The molecular weight excluding hydrogens is 481 g/mol. The molecule has 1 unspecified atom stereocenters. The Morgan fingerprint density at radius 3 is 0.903 bits per heavy atom. The van der Waals surface area contributed by atoms with E-state index in [0.717, 1.165) is 0 Å². The highest BCUT2D eigenvalue weighted by molar-refractivity contribution is 5.58. The van der Waals surface area contributed by atoms with Crippen LogP contribution in [0.5, 0.6) is 0 Å². The zero-order valence-electron chi connectivity index (χ0n) is 14.2. The molecule has 1 N–H and O–H groups in total. The first-order valence-electron chi connectivity index (χ1n) is 7.78. The molecule has 31 heavy (non-hydrogen) atoms. The molecular formula is C15H7F15O. The lowest BCUT2D eigenvalue weighted by Gasteiger charge is -2.32. The first kappa shape index (κ1) is 25.4. The van der Waals surface area contributed by atoms with Gasteiger partial charge in [0.15, 0.2) is 0 Å². The fourth-order valence-electron chi connectivity index (χ4n) is 3.15. The van der Waals surface area contributed by atoms with Gasteiger partial charge in [-0.05, 0) is 18.8 Å². The summed E-state index contributed by atoms with van der Waals surface area (Å²) in [6, 6.07) is 0. The smallest absolute Gasteiger partial charge is 0.388 e. The average Bonchev–Trinajstić information content (AvgIpc) is 3.31. The van der Waals surface area contributed by atoms with Crippen LogP contribution in [0.1, 0.15) is 52.3 Å². The van der Waals surface area contributed by atoms with E-state index in [1.807, 2.05) is 0 Å². The molecule has 1 aliphatic carbocycles. The zero-order valence-corrected chi connectivity index (χ0v) is 14.2. The van der Waals surface area contributed by atoms with Crippen molar-refractivity contribution >= 4 is 0 Å². The van der Waals surface area contributed by atoms with Crippen LogP contribution in [0.3, 0.4) is 0 Å². The molecule has 0 aromatic heterocycles. The Labute approximate surface area is 161 Å². The minimum atomic E-state index is -6.93. The Morgan fingerprint density at radius 1 is 0.484 bits per heavy atom. The quantitative estimate of drug-likeness (QED) is 0.436. The van der Waals surface area contributed by atoms with Crippen LogP contribution in [0, 0.1) is 5.92 Å². The van der Waals surface area contributed by atoms with Gasteiger partial charge in [0.25, 0.3) is 0 Å². The van der Waals surface area contributed by atoms with Gasteiger partial charge in [0.05, 0.1) is 33.9 Å². The number of aliphatic hydroxyl groups excluding tert-OH is 1. The second-order valence-electron chi connectivity index (χ2n) is 6.56. The SMILES string of the molecule is OC(c1c(C(F)(F)F)c(C(F)(F)F)c(C(F)(F)F)c(C(F)(F)F)c1C(F)(F)F)C1CC1. The van der Waals surface area contributed by atoms with Gasteiger partial charge in [-0.3, -0.25) is 0 Å². The maximum Gasteiger partial charge on any atom is 0.417 e. The number of hydrogen-bond acceptors (Lipinski definition) is 1. The summed E-state index contributed by atoms with van der Waals surface area (Å²) in [7, 11) is 0. The Balaban J connectivity index is 3.39. The molecule has 1 aliphatic rings. The van der Waals surface area contributed by atoms with Gasteiger partial charge >= 0.3 is 30.9 Å². The van der Waals surface area contributed by atoms with Crippen molar-refractivity contribution in [2.75, 3.05) is 0 Å². The molecule has 0 spiro atoms. The minimum Gasteiger partial charge on any atom is -0.388 e. The Hall–Kier alpha value is -1.87. The molecule has 178 valence electrons. The molecule has 1 aromatic carbocycles. The molecule has 0 heterocycles. The lowest BCUT2D eigenvalue weighted by Crippen LogP contribution is -2.34.